The van der Waals surface area contributed by atoms with Crippen LogP contribution in [0.5, 0.6) is 0 Å². The molecular formula is C24H21F3N8O. The maximum Gasteiger partial charge on any atom is 0.229 e. The van der Waals surface area contributed by atoms with Crippen molar-refractivity contribution in [1.82, 2.24) is 29.5 Å². The van der Waals surface area contributed by atoms with Crippen LogP contribution in [-0.4, -0.2) is 55.8 Å². The van der Waals surface area contributed by atoms with Crippen molar-refractivity contribution in [3.8, 4) is 5.69 Å². The van der Waals surface area contributed by atoms with E-state index in [0.717, 1.165) is 6.07 Å². The van der Waals surface area contributed by atoms with Gasteiger partial charge in [-0.2, -0.15) is 9.97 Å². The number of morpholine rings is 1. The van der Waals surface area contributed by atoms with Crippen LogP contribution in [0, 0.1) is 17.5 Å². The summed E-state index contributed by atoms with van der Waals surface area (Å²) in [7, 11) is 0. The zero-order valence-corrected chi connectivity index (χ0v) is 19.2. The number of anilines is 2. The average Bonchev–Trinajstić information content (AvgIpc) is 3.52. The number of H-pyrrole nitrogens is 1. The number of aromatic nitrogens is 6. The molecule has 36 heavy (non-hydrogen) atoms. The molecule has 0 spiro atoms. The maximum atomic E-state index is 14.2. The molecule has 3 aromatic heterocycles. The first-order valence-electron chi connectivity index (χ1n) is 11.4. The number of rotatable bonds is 5. The van der Waals surface area contributed by atoms with Gasteiger partial charge in [-0.25, -0.2) is 23.1 Å². The van der Waals surface area contributed by atoms with Gasteiger partial charge in [-0.1, -0.05) is 6.07 Å². The number of halogens is 3. The number of ether oxygens (including phenoxy) is 1. The van der Waals surface area contributed by atoms with Gasteiger partial charge >= 0.3 is 0 Å². The molecule has 1 aliphatic rings. The first-order valence-corrected chi connectivity index (χ1v) is 11.4. The first-order chi connectivity index (χ1) is 17.5. The lowest BCUT2D eigenvalue weighted by atomic mass is 10.3. The zero-order chi connectivity index (χ0) is 24.8. The second-order valence-electron chi connectivity index (χ2n) is 8.48. The summed E-state index contributed by atoms with van der Waals surface area (Å²) in [6.45, 7) is 4.14. The Balaban J connectivity index is 1.43. The molecule has 1 saturated heterocycles. The van der Waals surface area contributed by atoms with Crippen LogP contribution in [0.25, 0.3) is 27.9 Å². The van der Waals surface area contributed by atoms with Gasteiger partial charge in [0, 0.05) is 13.1 Å². The number of fused-ring (bicyclic) bond motifs is 2. The van der Waals surface area contributed by atoms with Crippen LogP contribution < -0.4 is 10.2 Å². The zero-order valence-electron chi connectivity index (χ0n) is 19.2. The third kappa shape index (κ3) is 3.88. The van der Waals surface area contributed by atoms with Gasteiger partial charge in [0.2, 0.25) is 5.95 Å². The SMILES string of the molecule is C[C@H](Nc1nc(N2CCOCC2)nc2c1ncn2-c1cccc(F)c1)c1nc2c(F)c(F)ccc2[nH]1. The average molecular weight is 494 g/mol. The van der Waals surface area contributed by atoms with Crippen LogP contribution in [0.4, 0.5) is 24.9 Å². The number of imidazole rings is 2. The minimum atomic E-state index is -1.00. The summed E-state index contributed by atoms with van der Waals surface area (Å²) in [6, 6.07) is 8.18. The van der Waals surface area contributed by atoms with Crippen LogP contribution in [0.2, 0.25) is 0 Å². The predicted octanol–water partition coefficient (Wildman–Crippen LogP) is 4.12. The third-order valence-corrected chi connectivity index (χ3v) is 6.09. The maximum absolute atomic E-state index is 14.2. The van der Waals surface area contributed by atoms with Crippen molar-refractivity contribution in [2.24, 2.45) is 0 Å². The van der Waals surface area contributed by atoms with E-state index in [1.54, 1.807) is 23.0 Å². The molecule has 2 aromatic carbocycles. The Kier molecular flexibility index (Phi) is 5.44. The van der Waals surface area contributed by atoms with E-state index in [2.05, 4.69) is 20.3 Å². The molecule has 1 aliphatic heterocycles. The Morgan fingerprint density at radius 3 is 2.67 bits per heavy atom. The molecule has 184 valence electrons. The second kappa shape index (κ2) is 8.79. The number of nitrogens with zero attached hydrogens (tertiary/aromatic N) is 6. The smallest absolute Gasteiger partial charge is 0.229 e. The number of hydrogen-bond acceptors (Lipinski definition) is 7. The Hall–Kier alpha value is -4.19. The molecule has 6 rings (SSSR count). The molecule has 1 atom stereocenters. The molecule has 12 heteroatoms. The van der Waals surface area contributed by atoms with Gasteiger partial charge < -0.3 is 19.9 Å². The summed E-state index contributed by atoms with van der Waals surface area (Å²) < 4.78 is 49.0. The summed E-state index contributed by atoms with van der Waals surface area (Å²) in [5.41, 5.74) is 1.84. The van der Waals surface area contributed by atoms with E-state index in [-0.39, 0.29) is 11.3 Å². The monoisotopic (exact) mass is 494 g/mol. The molecule has 0 saturated carbocycles. The standard InChI is InChI=1S/C24H21F3N8O/c1-13(21-30-17-6-5-16(26)18(27)19(17)31-21)29-22-20-23(33-24(32-22)34-7-9-36-10-8-34)35(12-28-20)15-4-2-3-14(25)11-15/h2-6,11-13H,7-10H2,1H3,(H,30,31)(H,29,32,33)/t13-/m0/s1. The van der Waals surface area contributed by atoms with Crippen molar-refractivity contribution < 1.29 is 17.9 Å². The van der Waals surface area contributed by atoms with E-state index >= 15 is 0 Å². The predicted molar refractivity (Wildman–Crippen MR) is 128 cm³/mol. The number of aromatic amines is 1. The van der Waals surface area contributed by atoms with Crippen molar-refractivity contribution in [2.45, 2.75) is 13.0 Å². The summed E-state index contributed by atoms with van der Waals surface area (Å²) in [5, 5.41) is 3.28. The highest BCUT2D eigenvalue weighted by molar-refractivity contribution is 5.86. The van der Waals surface area contributed by atoms with Crippen molar-refractivity contribution in [3.63, 3.8) is 0 Å². The van der Waals surface area contributed by atoms with Crippen LogP contribution in [-0.2, 0) is 4.74 Å². The molecule has 1 fully saturated rings. The Morgan fingerprint density at radius 1 is 1.03 bits per heavy atom. The van der Waals surface area contributed by atoms with Crippen LogP contribution in [0.3, 0.4) is 0 Å². The van der Waals surface area contributed by atoms with E-state index in [4.69, 9.17) is 14.7 Å². The largest absolute Gasteiger partial charge is 0.378 e. The minimum Gasteiger partial charge on any atom is -0.378 e. The van der Waals surface area contributed by atoms with Gasteiger partial charge in [-0.3, -0.25) is 4.57 Å². The third-order valence-electron chi connectivity index (χ3n) is 6.09. The Bertz CT molecular complexity index is 1580. The van der Waals surface area contributed by atoms with E-state index in [0.29, 0.717) is 66.3 Å². The molecule has 0 amide bonds. The topological polar surface area (TPSA) is 96.8 Å². The van der Waals surface area contributed by atoms with Crippen molar-refractivity contribution in [3.05, 3.63) is 66.0 Å². The van der Waals surface area contributed by atoms with Crippen molar-refractivity contribution in [2.75, 3.05) is 36.5 Å². The fraction of sp³-hybridized carbons (Fsp3) is 0.250. The van der Waals surface area contributed by atoms with E-state index in [9.17, 15) is 13.2 Å². The van der Waals surface area contributed by atoms with Crippen LogP contribution >= 0.6 is 0 Å². The second-order valence-corrected chi connectivity index (χ2v) is 8.48. The first kappa shape index (κ1) is 22.3. The normalized spacial score (nSPS) is 15.1. The van der Waals surface area contributed by atoms with E-state index in [1.165, 1.54) is 18.2 Å². The Morgan fingerprint density at radius 2 is 1.86 bits per heavy atom. The van der Waals surface area contributed by atoms with Gasteiger partial charge in [0.15, 0.2) is 28.6 Å². The van der Waals surface area contributed by atoms with Crippen molar-refractivity contribution >= 4 is 34.0 Å². The molecule has 4 heterocycles. The highest BCUT2D eigenvalue weighted by Crippen LogP contribution is 2.29. The van der Waals surface area contributed by atoms with Crippen molar-refractivity contribution in [1.29, 1.82) is 0 Å². The molecule has 0 radical (unpaired) electrons. The molecule has 2 N–H and O–H groups in total. The molecule has 0 aliphatic carbocycles. The number of hydrogen-bond donors (Lipinski definition) is 2. The van der Waals surface area contributed by atoms with Gasteiger partial charge in [0.1, 0.15) is 23.5 Å². The Labute approximate surface area is 203 Å². The fourth-order valence-electron chi connectivity index (χ4n) is 4.22. The highest BCUT2D eigenvalue weighted by atomic mass is 19.2. The molecule has 9 nitrogen and oxygen atoms in total. The number of benzene rings is 2. The minimum absolute atomic E-state index is 0.0733. The molecule has 0 bridgehead atoms. The molecular weight excluding hydrogens is 473 g/mol. The van der Waals surface area contributed by atoms with Gasteiger partial charge in [-0.15, -0.1) is 0 Å². The van der Waals surface area contributed by atoms with Gasteiger partial charge in [0.25, 0.3) is 0 Å². The summed E-state index contributed by atoms with van der Waals surface area (Å²) in [5.74, 6) is -1.05. The highest BCUT2D eigenvalue weighted by Gasteiger charge is 2.22. The molecule has 5 aromatic rings. The molecule has 0 unspecified atom stereocenters. The van der Waals surface area contributed by atoms with E-state index < -0.39 is 17.7 Å². The summed E-state index contributed by atoms with van der Waals surface area (Å²) in [4.78, 5) is 23.2. The van der Waals surface area contributed by atoms with Crippen LogP contribution in [0.15, 0.2) is 42.7 Å². The lowest BCUT2D eigenvalue weighted by Crippen LogP contribution is -2.37. The lowest BCUT2D eigenvalue weighted by molar-refractivity contribution is 0.122. The van der Waals surface area contributed by atoms with Crippen LogP contribution in [0.1, 0.15) is 18.8 Å². The van der Waals surface area contributed by atoms with Gasteiger partial charge in [0.05, 0.1) is 30.5 Å². The lowest BCUT2D eigenvalue weighted by Gasteiger charge is -2.27. The van der Waals surface area contributed by atoms with E-state index in [1.807, 2.05) is 11.8 Å². The summed E-state index contributed by atoms with van der Waals surface area (Å²) in [6.07, 6.45) is 1.56. The quantitative estimate of drug-likeness (QED) is 0.379. The van der Waals surface area contributed by atoms with Gasteiger partial charge in [-0.05, 0) is 37.3 Å². The fourth-order valence-corrected chi connectivity index (χ4v) is 4.22. The number of nitrogens with one attached hydrogen (secondary N) is 2. The summed E-state index contributed by atoms with van der Waals surface area (Å²) >= 11 is 0.